The first-order chi connectivity index (χ1) is 9.16. The van der Waals surface area contributed by atoms with E-state index in [2.05, 4.69) is 0 Å². The highest BCUT2D eigenvalue weighted by molar-refractivity contribution is 7.10. The molecule has 0 amide bonds. The molecule has 19 heavy (non-hydrogen) atoms. The second-order valence-corrected chi connectivity index (χ2v) is 6.17. The minimum Gasteiger partial charge on any atom is -0.293 e. The lowest BCUT2D eigenvalue weighted by Crippen LogP contribution is -2.18. The zero-order chi connectivity index (χ0) is 13.4. The zero-order valence-electron chi connectivity index (χ0n) is 10.2. The van der Waals surface area contributed by atoms with Gasteiger partial charge in [-0.2, -0.15) is 0 Å². The molecule has 98 valence electrons. The van der Waals surface area contributed by atoms with Crippen LogP contribution in [0.5, 0.6) is 0 Å². The second kappa shape index (κ2) is 5.06. The summed E-state index contributed by atoms with van der Waals surface area (Å²) in [7, 11) is 0. The van der Waals surface area contributed by atoms with Crippen molar-refractivity contribution >= 4 is 28.7 Å². The molecule has 1 unspecified atom stereocenters. The Labute approximate surface area is 120 Å². The molecule has 3 rings (SSSR count). The van der Waals surface area contributed by atoms with Crippen molar-refractivity contribution in [3.05, 3.63) is 56.5 Å². The second-order valence-electron chi connectivity index (χ2n) is 4.73. The molecule has 0 bridgehead atoms. The van der Waals surface area contributed by atoms with Crippen LogP contribution >= 0.6 is 22.9 Å². The number of halogens is 2. The number of benzene rings is 1. The number of thiophene rings is 1. The van der Waals surface area contributed by atoms with Crippen molar-refractivity contribution in [1.29, 1.82) is 0 Å². The monoisotopic (exact) mass is 294 g/mol. The van der Waals surface area contributed by atoms with E-state index < -0.39 is 5.82 Å². The van der Waals surface area contributed by atoms with Crippen LogP contribution in [-0.4, -0.2) is 5.78 Å². The lowest BCUT2D eigenvalue weighted by molar-refractivity contribution is 0.0947. The maximum atomic E-state index is 13.9. The molecule has 0 spiro atoms. The third-order valence-corrected chi connectivity index (χ3v) is 4.80. The summed E-state index contributed by atoms with van der Waals surface area (Å²) in [6.07, 6.45) is 2.81. The SMILES string of the molecule is O=C(c1ccc(Cl)cc1F)C1CCCc2sccc21. The zero-order valence-corrected chi connectivity index (χ0v) is 11.7. The van der Waals surface area contributed by atoms with Crippen molar-refractivity contribution in [2.45, 2.75) is 25.2 Å². The smallest absolute Gasteiger partial charge is 0.173 e. The van der Waals surface area contributed by atoms with Gasteiger partial charge in [-0.3, -0.25) is 4.79 Å². The van der Waals surface area contributed by atoms with E-state index in [-0.39, 0.29) is 17.3 Å². The summed E-state index contributed by atoms with van der Waals surface area (Å²) in [5, 5.41) is 2.32. The third kappa shape index (κ3) is 2.33. The van der Waals surface area contributed by atoms with Crippen molar-refractivity contribution in [3.63, 3.8) is 0 Å². The van der Waals surface area contributed by atoms with E-state index in [0.717, 1.165) is 24.8 Å². The van der Waals surface area contributed by atoms with Gasteiger partial charge in [0.1, 0.15) is 5.82 Å². The van der Waals surface area contributed by atoms with E-state index in [9.17, 15) is 9.18 Å². The molecule has 1 aromatic carbocycles. The number of hydrogen-bond acceptors (Lipinski definition) is 2. The Hall–Kier alpha value is -1.19. The standard InChI is InChI=1S/C15H12ClFOS/c16-9-4-5-12(13(17)8-9)15(18)11-2-1-3-14-10(11)6-7-19-14/h4-8,11H,1-3H2. The molecule has 1 heterocycles. The lowest BCUT2D eigenvalue weighted by Gasteiger charge is -2.21. The molecule has 0 radical (unpaired) electrons. The van der Waals surface area contributed by atoms with Crippen molar-refractivity contribution in [3.8, 4) is 0 Å². The minimum absolute atomic E-state index is 0.131. The number of aryl methyl sites for hydroxylation is 1. The number of ketones is 1. The van der Waals surface area contributed by atoms with E-state index in [1.54, 1.807) is 17.4 Å². The Morgan fingerprint density at radius 3 is 3.00 bits per heavy atom. The molecule has 1 aliphatic rings. The summed E-state index contributed by atoms with van der Waals surface area (Å²) in [5.74, 6) is -0.862. The van der Waals surface area contributed by atoms with Crippen LogP contribution in [0, 0.1) is 5.82 Å². The average molecular weight is 295 g/mol. The van der Waals surface area contributed by atoms with Gasteiger partial charge in [-0.05, 0) is 54.5 Å². The van der Waals surface area contributed by atoms with Gasteiger partial charge in [0.25, 0.3) is 0 Å². The molecule has 1 nitrogen and oxygen atoms in total. The van der Waals surface area contributed by atoms with Gasteiger partial charge < -0.3 is 0 Å². The van der Waals surface area contributed by atoms with Crippen LogP contribution in [0.3, 0.4) is 0 Å². The first-order valence-corrected chi connectivity index (χ1v) is 7.48. The molecule has 0 N–H and O–H groups in total. The first kappa shape index (κ1) is 12.8. The Balaban J connectivity index is 1.98. The topological polar surface area (TPSA) is 17.1 Å². The van der Waals surface area contributed by atoms with Crippen LogP contribution in [0.2, 0.25) is 5.02 Å². The fraction of sp³-hybridized carbons (Fsp3) is 0.267. The van der Waals surface area contributed by atoms with Gasteiger partial charge >= 0.3 is 0 Å². The van der Waals surface area contributed by atoms with Crippen molar-refractivity contribution in [2.75, 3.05) is 0 Å². The van der Waals surface area contributed by atoms with Crippen molar-refractivity contribution < 1.29 is 9.18 Å². The number of hydrogen-bond donors (Lipinski definition) is 0. The van der Waals surface area contributed by atoms with Gasteiger partial charge in [0.05, 0.1) is 5.56 Å². The maximum Gasteiger partial charge on any atom is 0.173 e. The van der Waals surface area contributed by atoms with E-state index in [1.807, 2.05) is 11.4 Å². The van der Waals surface area contributed by atoms with Crippen LogP contribution in [-0.2, 0) is 6.42 Å². The number of fused-ring (bicyclic) bond motifs is 1. The predicted octanol–water partition coefficient (Wildman–Crippen LogP) is 4.84. The van der Waals surface area contributed by atoms with E-state index >= 15 is 0 Å². The van der Waals surface area contributed by atoms with Gasteiger partial charge in [-0.25, -0.2) is 4.39 Å². The van der Waals surface area contributed by atoms with Gasteiger partial charge in [-0.1, -0.05) is 11.6 Å². The maximum absolute atomic E-state index is 13.9. The average Bonchev–Trinajstić information content (AvgIpc) is 2.86. The third-order valence-electron chi connectivity index (χ3n) is 3.57. The van der Waals surface area contributed by atoms with Crippen LogP contribution < -0.4 is 0 Å². The highest BCUT2D eigenvalue weighted by Crippen LogP contribution is 2.37. The Morgan fingerprint density at radius 1 is 1.37 bits per heavy atom. The lowest BCUT2D eigenvalue weighted by atomic mass is 9.82. The fourth-order valence-corrected chi connectivity index (χ4v) is 3.78. The first-order valence-electron chi connectivity index (χ1n) is 6.22. The molecular formula is C15H12ClFOS. The molecule has 1 atom stereocenters. The Bertz CT molecular complexity index is 635. The van der Waals surface area contributed by atoms with Gasteiger partial charge in [0.2, 0.25) is 0 Å². The van der Waals surface area contributed by atoms with Crippen LogP contribution in [0.15, 0.2) is 29.6 Å². The van der Waals surface area contributed by atoms with Crippen LogP contribution in [0.4, 0.5) is 4.39 Å². The molecule has 0 saturated heterocycles. The summed E-state index contributed by atoms with van der Waals surface area (Å²) in [6.45, 7) is 0. The number of rotatable bonds is 2. The molecular weight excluding hydrogens is 283 g/mol. The molecule has 0 saturated carbocycles. The largest absolute Gasteiger partial charge is 0.293 e. The number of carbonyl (C=O) groups is 1. The quantitative estimate of drug-likeness (QED) is 0.724. The van der Waals surface area contributed by atoms with Crippen LogP contribution in [0.1, 0.15) is 39.6 Å². The summed E-state index contributed by atoms with van der Waals surface area (Å²) in [4.78, 5) is 13.8. The predicted molar refractivity (Wildman–Crippen MR) is 75.7 cm³/mol. The molecule has 0 fully saturated rings. The molecule has 1 aromatic heterocycles. The molecule has 4 heteroatoms. The van der Waals surface area contributed by atoms with Gasteiger partial charge in [0, 0.05) is 15.8 Å². The highest BCUT2D eigenvalue weighted by atomic mass is 35.5. The molecule has 2 aromatic rings. The van der Waals surface area contributed by atoms with E-state index in [4.69, 9.17) is 11.6 Å². The molecule has 1 aliphatic carbocycles. The van der Waals surface area contributed by atoms with Gasteiger partial charge in [-0.15, -0.1) is 11.3 Å². The summed E-state index contributed by atoms with van der Waals surface area (Å²) >= 11 is 7.40. The Morgan fingerprint density at radius 2 is 2.21 bits per heavy atom. The summed E-state index contributed by atoms with van der Waals surface area (Å²) < 4.78 is 13.9. The summed E-state index contributed by atoms with van der Waals surface area (Å²) in [6, 6.07) is 6.25. The van der Waals surface area contributed by atoms with E-state index in [0.29, 0.717) is 5.02 Å². The van der Waals surface area contributed by atoms with Crippen molar-refractivity contribution in [2.24, 2.45) is 0 Å². The number of carbonyl (C=O) groups excluding carboxylic acids is 1. The van der Waals surface area contributed by atoms with E-state index in [1.165, 1.54) is 17.0 Å². The van der Waals surface area contributed by atoms with Gasteiger partial charge in [0.15, 0.2) is 5.78 Å². The number of Topliss-reactive ketones (excluding diaryl/α,β-unsaturated/α-hetero) is 1. The fourth-order valence-electron chi connectivity index (χ4n) is 2.64. The van der Waals surface area contributed by atoms with Crippen molar-refractivity contribution in [1.82, 2.24) is 0 Å². The Kier molecular flexibility index (Phi) is 3.42. The molecule has 0 aliphatic heterocycles. The highest BCUT2D eigenvalue weighted by Gasteiger charge is 2.29. The van der Waals surface area contributed by atoms with Crippen LogP contribution in [0.25, 0.3) is 0 Å². The summed E-state index contributed by atoms with van der Waals surface area (Å²) in [5.41, 5.74) is 1.23. The normalized spacial score (nSPS) is 18.1. The minimum atomic E-state index is -0.528.